The second kappa shape index (κ2) is 8.11. The molecule has 2 amide bonds. The number of anilines is 2. The Hall–Kier alpha value is -3.67. The topological polar surface area (TPSA) is 65.5 Å². The highest BCUT2D eigenvalue weighted by Gasteiger charge is 2.51. The van der Waals surface area contributed by atoms with Crippen LogP contribution in [0.5, 0.6) is 0 Å². The van der Waals surface area contributed by atoms with Crippen LogP contribution in [0.2, 0.25) is 0 Å². The average molecular weight is 427 g/mol. The van der Waals surface area contributed by atoms with E-state index < -0.39 is 5.41 Å². The molecule has 0 aliphatic carbocycles. The van der Waals surface area contributed by atoms with Crippen LogP contribution in [-0.4, -0.2) is 36.9 Å². The summed E-state index contributed by atoms with van der Waals surface area (Å²) in [7, 11) is 1.83. The van der Waals surface area contributed by atoms with Gasteiger partial charge in [0.05, 0.1) is 5.41 Å². The average Bonchev–Trinajstić information content (AvgIpc) is 3.05. The summed E-state index contributed by atoms with van der Waals surface area (Å²) < 4.78 is 0. The van der Waals surface area contributed by atoms with E-state index in [0.29, 0.717) is 24.9 Å². The molecule has 1 saturated heterocycles. The van der Waals surface area contributed by atoms with Crippen molar-refractivity contribution in [2.75, 3.05) is 29.9 Å². The fraction of sp³-hybridized carbons (Fsp3) is 0.269. The van der Waals surface area contributed by atoms with Crippen LogP contribution in [0.15, 0.2) is 72.9 Å². The number of piperidine rings is 1. The Morgan fingerprint density at radius 3 is 2.50 bits per heavy atom. The molecule has 1 spiro atoms. The normalized spacial score (nSPS) is 16.8. The second-order valence-electron chi connectivity index (χ2n) is 8.52. The smallest absolute Gasteiger partial charge is 0.251 e. The largest absolute Gasteiger partial charge is 0.357 e. The number of amides is 2. The fourth-order valence-corrected chi connectivity index (χ4v) is 4.92. The molecule has 0 unspecified atom stereocenters. The van der Waals surface area contributed by atoms with Crippen LogP contribution in [0.1, 0.15) is 34.3 Å². The number of nitrogens with zero attached hydrogens (tertiary/aromatic N) is 3. The van der Waals surface area contributed by atoms with Crippen molar-refractivity contribution in [2.45, 2.75) is 24.8 Å². The van der Waals surface area contributed by atoms with E-state index in [9.17, 15) is 9.59 Å². The van der Waals surface area contributed by atoms with E-state index in [-0.39, 0.29) is 11.8 Å². The van der Waals surface area contributed by atoms with Gasteiger partial charge in [0.2, 0.25) is 5.91 Å². The molecule has 6 nitrogen and oxygen atoms in total. The van der Waals surface area contributed by atoms with Crippen LogP contribution in [0.3, 0.4) is 0 Å². The number of likely N-dealkylation sites (N-methyl/N-ethyl adjacent to an activating group) is 1. The highest BCUT2D eigenvalue weighted by atomic mass is 16.2. The maximum Gasteiger partial charge on any atom is 0.251 e. The van der Waals surface area contributed by atoms with Gasteiger partial charge in [-0.25, -0.2) is 4.98 Å². The number of carbonyl (C=O) groups excluding carboxylic acids is 2. The highest BCUT2D eigenvalue weighted by molar-refractivity contribution is 6.09. The molecular formula is C26H26N4O2. The minimum absolute atomic E-state index is 0.120. The van der Waals surface area contributed by atoms with Crippen molar-refractivity contribution in [3.05, 3.63) is 89.6 Å². The van der Waals surface area contributed by atoms with Crippen molar-refractivity contribution in [3.63, 3.8) is 0 Å². The van der Waals surface area contributed by atoms with Crippen LogP contribution in [0.4, 0.5) is 11.5 Å². The predicted molar refractivity (Wildman–Crippen MR) is 125 cm³/mol. The van der Waals surface area contributed by atoms with Crippen molar-refractivity contribution in [2.24, 2.45) is 0 Å². The van der Waals surface area contributed by atoms with E-state index in [1.165, 1.54) is 0 Å². The lowest BCUT2D eigenvalue weighted by Crippen LogP contribution is -2.48. The Morgan fingerprint density at radius 1 is 1.03 bits per heavy atom. The summed E-state index contributed by atoms with van der Waals surface area (Å²) in [6.45, 7) is 1.97. The van der Waals surface area contributed by atoms with Crippen molar-refractivity contribution in [1.29, 1.82) is 0 Å². The number of hydrogen-bond donors (Lipinski definition) is 1. The summed E-state index contributed by atoms with van der Waals surface area (Å²) >= 11 is 0. The Bertz CT molecular complexity index is 1140. The molecular weight excluding hydrogens is 400 g/mol. The third-order valence-corrected chi connectivity index (χ3v) is 6.74. The monoisotopic (exact) mass is 426 g/mol. The molecule has 0 saturated carbocycles. The van der Waals surface area contributed by atoms with Gasteiger partial charge >= 0.3 is 0 Å². The quantitative estimate of drug-likeness (QED) is 0.693. The Labute approximate surface area is 187 Å². The predicted octanol–water partition coefficient (Wildman–Crippen LogP) is 3.53. The lowest BCUT2D eigenvalue weighted by Gasteiger charge is -2.39. The zero-order chi connectivity index (χ0) is 22.1. The fourth-order valence-electron chi connectivity index (χ4n) is 4.92. The summed E-state index contributed by atoms with van der Waals surface area (Å²) in [4.78, 5) is 34.7. The van der Waals surface area contributed by atoms with E-state index in [2.05, 4.69) is 15.2 Å². The number of pyridine rings is 1. The molecule has 0 atom stereocenters. The molecule has 2 aliphatic rings. The van der Waals surface area contributed by atoms with Crippen molar-refractivity contribution in [3.8, 4) is 0 Å². The zero-order valence-corrected chi connectivity index (χ0v) is 18.1. The first kappa shape index (κ1) is 20.2. The van der Waals surface area contributed by atoms with E-state index in [1.807, 2.05) is 73.8 Å². The summed E-state index contributed by atoms with van der Waals surface area (Å²) in [5, 5.41) is 2.99. The third-order valence-electron chi connectivity index (χ3n) is 6.74. The summed E-state index contributed by atoms with van der Waals surface area (Å²) in [5.74, 6) is 0.935. The van der Waals surface area contributed by atoms with Gasteiger partial charge in [0, 0.05) is 44.1 Å². The number of hydrogen-bond acceptors (Lipinski definition) is 4. The van der Waals surface area contributed by atoms with Gasteiger partial charge < -0.3 is 15.1 Å². The summed E-state index contributed by atoms with van der Waals surface area (Å²) in [5.41, 5.74) is 2.94. The highest BCUT2D eigenvalue weighted by Crippen LogP contribution is 2.48. The van der Waals surface area contributed by atoms with E-state index >= 15 is 0 Å². The standard InChI is InChI=1S/C26H26N4O2/c1-29-22-11-10-20(24(31)28-18-19-7-3-2-4-8-19)17-21(22)26(25(29)32)12-15-30(16-13-26)23-9-5-6-14-27-23/h2-11,14,17H,12-13,15-16,18H2,1H3,(H,28,31). The second-order valence-corrected chi connectivity index (χ2v) is 8.52. The molecule has 1 fully saturated rings. The van der Waals surface area contributed by atoms with Gasteiger partial charge in [0.15, 0.2) is 0 Å². The van der Waals surface area contributed by atoms with E-state index in [0.717, 1.165) is 35.7 Å². The molecule has 5 rings (SSSR count). The Kier molecular flexibility index (Phi) is 5.13. The Morgan fingerprint density at radius 2 is 1.78 bits per heavy atom. The van der Waals surface area contributed by atoms with Crippen LogP contribution < -0.4 is 15.1 Å². The number of rotatable bonds is 4. The van der Waals surface area contributed by atoms with Gasteiger partial charge in [-0.2, -0.15) is 0 Å². The molecule has 3 aromatic rings. The first-order chi connectivity index (χ1) is 15.6. The number of benzene rings is 2. The minimum Gasteiger partial charge on any atom is -0.357 e. The molecule has 1 N–H and O–H groups in total. The molecule has 162 valence electrons. The Balaban J connectivity index is 1.38. The van der Waals surface area contributed by atoms with E-state index in [1.54, 1.807) is 11.1 Å². The molecule has 2 aromatic carbocycles. The molecule has 6 heteroatoms. The van der Waals surface area contributed by atoms with Gasteiger partial charge in [0.1, 0.15) is 5.82 Å². The molecule has 0 bridgehead atoms. The van der Waals surface area contributed by atoms with Gasteiger partial charge in [-0.15, -0.1) is 0 Å². The molecule has 1 aromatic heterocycles. The van der Waals surface area contributed by atoms with Gasteiger partial charge in [-0.1, -0.05) is 36.4 Å². The first-order valence-electron chi connectivity index (χ1n) is 11.0. The number of carbonyl (C=O) groups is 2. The molecule has 0 radical (unpaired) electrons. The lowest BCUT2D eigenvalue weighted by atomic mass is 9.73. The maximum absolute atomic E-state index is 13.4. The SMILES string of the molecule is CN1C(=O)C2(CCN(c3ccccn3)CC2)c2cc(C(=O)NCc3ccccc3)ccc21. The first-order valence-corrected chi connectivity index (χ1v) is 11.0. The van der Waals surface area contributed by atoms with Crippen LogP contribution >= 0.6 is 0 Å². The van der Waals surface area contributed by atoms with Crippen molar-refractivity contribution < 1.29 is 9.59 Å². The molecule has 32 heavy (non-hydrogen) atoms. The van der Waals surface area contributed by atoms with Gasteiger partial charge in [-0.05, 0) is 54.3 Å². The summed E-state index contributed by atoms with van der Waals surface area (Å²) in [6, 6.07) is 21.4. The van der Waals surface area contributed by atoms with Crippen molar-refractivity contribution >= 4 is 23.3 Å². The van der Waals surface area contributed by atoms with E-state index in [4.69, 9.17) is 0 Å². The lowest BCUT2D eigenvalue weighted by molar-refractivity contribution is -0.123. The number of fused-ring (bicyclic) bond motifs is 2. The minimum atomic E-state index is -0.578. The van der Waals surface area contributed by atoms with Crippen LogP contribution in [0, 0.1) is 0 Å². The summed E-state index contributed by atoms with van der Waals surface area (Å²) in [6.07, 6.45) is 3.20. The maximum atomic E-state index is 13.4. The number of aromatic nitrogens is 1. The molecule has 2 aliphatic heterocycles. The van der Waals surface area contributed by atoms with Crippen molar-refractivity contribution in [1.82, 2.24) is 10.3 Å². The van der Waals surface area contributed by atoms with Crippen LogP contribution in [0.25, 0.3) is 0 Å². The third kappa shape index (κ3) is 3.42. The van der Waals surface area contributed by atoms with Gasteiger partial charge in [0.25, 0.3) is 5.91 Å². The zero-order valence-electron chi connectivity index (χ0n) is 18.1. The number of nitrogens with one attached hydrogen (secondary N) is 1. The van der Waals surface area contributed by atoms with Gasteiger partial charge in [-0.3, -0.25) is 9.59 Å². The molecule has 3 heterocycles. The van der Waals surface area contributed by atoms with Crippen LogP contribution in [-0.2, 0) is 16.8 Å².